The van der Waals surface area contributed by atoms with Crippen molar-refractivity contribution >= 4 is 55.9 Å². The second kappa shape index (κ2) is 7.21. The molecule has 1 aromatic rings. The summed E-state index contributed by atoms with van der Waals surface area (Å²) < 4.78 is 24.1. The first-order chi connectivity index (χ1) is 12.2. The molecule has 2 fully saturated rings. The highest BCUT2D eigenvalue weighted by molar-refractivity contribution is 8.16. The monoisotopic (exact) mass is 415 g/mol. The molecule has 0 saturated carbocycles. The van der Waals surface area contributed by atoms with E-state index < -0.39 is 28.1 Å². The maximum absolute atomic E-state index is 12.0. The van der Waals surface area contributed by atoms with Crippen LogP contribution in [0.1, 0.15) is 18.4 Å². The normalized spacial score (nSPS) is 25.5. The van der Waals surface area contributed by atoms with E-state index in [-0.39, 0.29) is 29.2 Å². The fourth-order valence-corrected chi connectivity index (χ4v) is 7.15. The summed E-state index contributed by atoms with van der Waals surface area (Å²) in [7, 11) is -3.16. The Morgan fingerprint density at radius 1 is 1.35 bits per heavy atom. The molecule has 0 unspecified atom stereocenters. The lowest BCUT2D eigenvalue weighted by Crippen LogP contribution is -2.38. The van der Waals surface area contributed by atoms with Gasteiger partial charge >= 0.3 is 0 Å². The number of rotatable bonds is 4. The van der Waals surface area contributed by atoms with Gasteiger partial charge in [-0.05, 0) is 31.0 Å². The number of carbonyl (C=O) groups is 2. The van der Waals surface area contributed by atoms with E-state index in [9.17, 15) is 23.1 Å². The molecule has 2 aliphatic rings. The lowest BCUT2D eigenvalue weighted by atomic mass is 10.1. The fraction of sp³-hybridized carbons (Fsp3) is 0.438. The molecular formula is C16H16ClN2O5S2-. The minimum atomic E-state index is -3.16. The second-order valence-corrected chi connectivity index (χ2v) is 10.1. The minimum absolute atomic E-state index is 0.0186. The van der Waals surface area contributed by atoms with Gasteiger partial charge in [-0.25, -0.2) is 8.42 Å². The van der Waals surface area contributed by atoms with Gasteiger partial charge in [-0.3, -0.25) is 4.79 Å². The molecule has 10 heteroatoms. The average Bonchev–Trinajstić information content (AvgIpc) is 2.99. The van der Waals surface area contributed by atoms with Crippen LogP contribution in [0.4, 0.5) is 5.69 Å². The van der Waals surface area contributed by atoms with Gasteiger partial charge in [0.25, 0.3) is 0 Å². The number of amidine groups is 1. The van der Waals surface area contributed by atoms with E-state index in [1.54, 1.807) is 17.0 Å². The van der Waals surface area contributed by atoms with Crippen LogP contribution in [0, 0.1) is 6.92 Å². The average molecular weight is 416 g/mol. The molecule has 140 valence electrons. The molecule has 0 N–H and O–H groups in total. The van der Waals surface area contributed by atoms with E-state index in [1.807, 2.05) is 13.0 Å². The molecule has 0 spiro atoms. The van der Waals surface area contributed by atoms with Crippen molar-refractivity contribution in [2.75, 3.05) is 16.4 Å². The summed E-state index contributed by atoms with van der Waals surface area (Å²) in [6, 6.07) is 4.92. The van der Waals surface area contributed by atoms with Crippen LogP contribution in [-0.4, -0.2) is 48.3 Å². The molecule has 3 rings (SSSR count). The van der Waals surface area contributed by atoms with Crippen molar-refractivity contribution in [3.05, 3.63) is 28.8 Å². The summed E-state index contributed by atoms with van der Waals surface area (Å²) in [4.78, 5) is 28.3. The van der Waals surface area contributed by atoms with Gasteiger partial charge in [-0.2, -0.15) is 4.99 Å². The number of thioether (sulfide) groups is 1. The number of fused-ring (bicyclic) bond motifs is 1. The molecule has 1 aromatic carbocycles. The number of hydrogen-bond donors (Lipinski definition) is 0. The number of nitrogens with zero attached hydrogens (tertiary/aromatic N) is 2. The van der Waals surface area contributed by atoms with Gasteiger partial charge in [0.05, 0.1) is 17.5 Å². The van der Waals surface area contributed by atoms with E-state index >= 15 is 0 Å². The Morgan fingerprint density at radius 2 is 2.08 bits per heavy atom. The van der Waals surface area contributed by atoms with Gasteiger partial charge < -0.3 is 14.8 Å². The molecule has 7 nitrogen and oxygen atoms in total. The second-order valence-electron chi connectivity index (χ2n) is 6.26. The van der Waals surface area contributed by atoms with Crippen molar-refractivity contribution in [1.82, 2.24) is 0 Å². The SMILES string of the molecule is Cc1ccc(Cl)cc1N1C(=NC(=O)CCC(=O)[O-])S[C@@H]2CS(=O)(=O)C[C@H]21. The zero-order chi connectivity index (χ0) is 19.1. The summed E-state index contributed by atoms with van der Waals surface area (Å²) in [6.07, 6.45) is -0.667. The zero-order valence-corrected chi connectivity index (χ0v) is 16.2. The topological polar surface area (TPSA) is 107 Å². The van der Waals surface area contributed by atoms with E-state index in [4.69, 9.17) is 11.6 Å². The maximum Gasteiger partial charge on any atom is 0.248 e. The van der Waals surface area contributed by atoms with Gasteiger partial charge in [0, 0.05) is 28.4 Å². The fourth-order valence-electron chi connectivity index (χ4n) is 3.06. The number of carbonyl (C=O) groups excluding carboxylic acids is 2. The molecule has 2 heterocycles. The number of hydrogen-bond acceptors (Lipinski definition) is 6. The summed E-state index contributed by atoms with van der Waals surface area (Å²) in [5.74, 6) is -1.90. The molecule has 0 aromatic heterocycles. The van der Waals surface area contributed by atoms with Gasteiger partial charge in [-0.15, -0.1) is 0 Å². The third kappa shape index (κ3) is 4.05. The number of aryl methyl sites for hydroxylation is 1. The number of aliphatic imine (C=N–C) groups is 1. The van der Waals surface area contributed by atoms with Crippen molar-refractivity contribution in [1.29, 1.82) is 0 Å². The summed E-state index contributed by atoms with van der Waals surface area (Å²) in [5, 5.41) is 11.2. The zero-order valence-electron chi connectivity index (χ0n) is 13.8. The van der Waals surface area contributed by atoms with E-state index in [2.05, 4.69) is 4.99 Å². The molecule has 2 saturated heterocycles. The summed E-state index contributed by atoms with van der Waals surface area (Å²) in [6.45, 7) is 1.86. The number of halogens is 1. The van der Waals surface area contributed by atoms with E-state index in [0.717, 1.165) is 5.56 Å². The Balaban J connectivity index is 1.97. The number of benzene rings is 1. The predicted octanol–water partition coefficient (Wildman–Crippen LogP) is 0.780. The highest BCUT2D eigenvalue weighted by atomic mass is 35.5. The highest BCUT2D eigenvalue weighted by Crippen LogP contribution is 2.42. The molecule has 26 heavy (non-hydrogen) atoms. The third-order valence-electron chi connectivity index (χ3n) is 4.26. The Labute approximate surface area is 160 Å². The summed E-state index contributed by atoms with van der Waals surface area (Å²) >= 11 is 7.33. The minimum Gasteiger partial charge on any atom is -0.550 e. The highest BCUT2D eigenvalue weighted by Gasteiger charge is 2.49. The van der Waals surface area contributed by atoms with Crippen molar-refractivity contribution in [3.63, 3.8) is 0 Å². The van der Waals surface area contributed by atoms with Crippen LogP contribution in [-0.2, 0) is 19.4 Å². The lowest BCUT2D eigenvalue weighted by molar-refractivity contribution is -0.305. The van der Waals surface area contributed by atoms with Crippen LogP contribution < -0.4 is 10.0 Å². The Hall–Kier alpha value is -1.58. The Bertz CT molecular complexity index is 900. The number of aliphatic carboxylic acids is 1. The van der Waals surface area contributed by atoms with Gasteiger partial charge in [0.2, 0.25) is 5.91 Å². The molecule has 2 aliphatic heterocycles. The Morgan fingerprint density at radius 3 is 2.77 bits per heavy atom. The number of anilines is 1. The first-order valence-corrected chi connectivity index (χ1v) is 11.0. The molecule has 1 amide bonds. The predicted molar refractivity (Wildman–Crippen MR) is 99.2 cm³/mol. The smallest absolute Gasteiger partial charge is 0.248 e. The third-order valence-corrected chi connectivity index (χ3v) is 7.71. The van der Waals surface area contributed by atoms with Crippen molar-refractivity contribution in [3.8, 4) is 0 Å². The quantitative estimate of drug-likeness (QED) is 0.715. The molecule has 0 radical (unpaired) electrons. The molecule has 0 bridgehead atoms. The molecule has 2 atom stereocenters. The van der Waals surface area contributed by atoms with Crippen LogP contribution in [0.3, 0.4) is 0 Å². The van der Waals surface area contributed by atoms with Crippen LogP contribution >= 0.6 is 23.4 Å². The first kappa shape index (κ1) is 19.2. The van der Waals surface area contributed by atoms with Crippen molar-refractivity contribution in [2.24, 2.45) is 4.99 Å². The molecule has 0 aliphatic carbocycles. The van der Waals surface area contributed by atoms with E-state index in [1.165, 1.54) is 11.8 Å². The number of sulfone groups is 1. The van der Waals surface area contributed by atoms with Crippen LogP contribution in [0.2, 0.25) is 5.02 Å². The van der Waals surface area contributed by atoms with Gasteiger partial charge in [0.1, 0.15) is 0 Å². The number of amides is 1. The van der Waals surface area contributed by atoms with Gasteiger partial charge in [-0.1, -0.05) is 29.4 Å². The number of carboxylic acids is 1. The maximum atomic E-state index is 12.0. The van der Waals surface area contributed by atoms with Crippen LogP contribution in [0.5, 0.6) is 0 Å². The van der Waals surface area contributed by atoms with Crippen LogP contribution in [0.15, 0.2) is 23.2 Å². The van der Waals surface area contributed by atoms with Crippen molar-refractivity contribution in [2.45, 2.75) is 31.1 Å². The number of carboxylic acid groups (broad SMARTS) is 1. The Kier molecular flexibility index (Phi) is 5.32. The lowest BCUT2D eigenvalue weighted by Gasteiger charge is -2.26. The van der Waals surface area contributed by atoms with Crippen molar-refractivity contribution < 1.29 is 23.1 Å². The van der Waals surface area contributed by atoms with E-state index in [0.29, 0.717) is 15.9 Å². The van der Waals surface area contributed by atoms with Gasteiger partial charge in [0.15, 0.2) is 15.0 Å². The molecular weight excluding hydrogens is 400 g/mol. The largest absolute Gasteiger partial charge is 0.550 e. The van der Waals surface area contributed by atoms with Crippen LogP contribution in [0.25, 0.3) is 0 Å². The standard InChI is InChI=1S/C16H17ClN2O5S2/c1-9-2-3-10(17)6-11(9)19-12-7-26(23,24)8-13(12)25-16(19)18-14(20)4-5-15(21)22/h2-3,6,12-13H,4-5,7-8H2,1H3,(H,21,22)/p-1/t12-,13-/m1/s1. The summed E-state index contributed by atoms with van der Waals surface area (Å²) in [5.41, 5.74) is 1.57. The first-order valence-electron chi connectivity index (χ1n) is 7.90.